The van der Waals surface area contributed by atoms with Gasteiger partial charge in [0.25, 0.3) is 5.91 Å². The topological polar surface area (TPSA) is 81.8 Å². The van der Waals surface area contributed by atoms with Crippen LogP contribution in [0.15, 0.2) is 48.5 Å². The standard InChI is InChI=1S/C23H25FN4O3/c1-16-7-8-18(15-19(16)24)25-21(30)27-13-10-23(11-14-27)20(29)28(22(31)26-23)12-9-17-5-3-2-4-6-17/h2-8,15H,9-14H2,1H3,(H,25,30)(H,26,31). The number of urea groups is 2. The third-order valence-corrected chi connectivity index (χ3v) is 6.04. The number of amides is 5. The number of carbonyl (C=O) groups excluding carboxylic acids is 3. The SMILES string of the molecule is Cc1ccc(NC(=O)N2CCC3(CC2)NC(=O)N(CCc2ccccc2)C3=O)cc1F. The summed E-state index contributed by atoms with van der Waals surface area (Å²) in [6.07, 6.45) is 1.28. The molecule has 0 aromatic heterocycles. The Hall–Kier alpha value is -3.42. The summed E-state index contributed by atoms with van der Waals surface area (Å²) in [7, 11) is 0. The molecule has 5 amide bonds. The monoisotopic (exact) mass is 424 g/mol. The van der Waals surface area contributed by atoms with Gasteiger partial charge in [-0.3, -0.25) is 9.69 Å². The van der Waals surface area contributed by atoms with E-state index in [2.05, 4.69) is 10.6 Å². The van der Waals surface area contributed by atoms with E-state index in [-0.39, 0.29) is 23.8 Å². The average Bonchev–Trinajstić information content (AvgIpc) is 2.99. The summed E-state index contributed by atoms with van der Waals surface area (Å²) >= 11 is 0. The summed E-state index contributed by atoms with van der Waals surface area (Å²) in [5, 5.41) is 5.55. The zero-order valence-corrected chi connectivity index (χ0v) is 17.4. The van der Waals surface area contributed by atoms with E-state index in [0.717, 1.165) is 5.56 Å². The van der Waals surface area contributed by atoms with Crippen molar-refractivity contribution in [3.8, 4) is 0 Å². The molecule has 2 aliphatic rings. The summed E-state index contributed by atoms with van der Waals surface area (Å²) in [6, 6.07) is 13.5. The molecule has 2 N–H and O–H groups in total. The maximum atomic E-state index is 13.7. The molecule has 2 aromatic rings. The number of nitrogens with one attached hydrogen (secondary N) is 2. The van der Waals surface area contributed by atoms with Crippen molar-refractivity contribution in [1.82, 2.24) is 15.1 Å². The Morgan fingerprint density at radius 1 is 1.13 bits per heavy atom. The minimum absolute atomic E-state index is 0.228. The highest BCUT2D eigenvalue weighted by Gasteiger charge is 2.52. The lowest BCUT2D eigenvalue weighted by atomic mass is 9.87. The molecule has 2 aliphatic heterocycles. The lowest BCUT2D eigenvalue weighted by molar-refractivity contribution is -0.132. The smallest absolute Gasteiger partial charge is 0.324 e. The van der Waals surface area contributed by atoms with Crippen LogP contribution in [0.4, 0.5) is 19.7 Å². The summed E-state index contributed by atoms with van der Waals surface area (Å²) in [5.41, 5.74) is 0.986. The minimum atomic E-state index is -0.958. The van der Waals surface area contributed by atoms with Crippen LogP contribution in [0.1, 0.15) is 24.0 Å². The van der Waals surface area contributed by atoms with E-state index in [1.54, 1.807) is 24.0 Å². The molecule has 0 saturated carbocycles. The van der Waals surface area contributed by atoms with Crippen LogP contribution in [0, 0.1) is 12.7 Å². The second-order valence-electron chi connectivity index (χ2n) is 8.09. The van der Waals surface area contributed by atoms with Crippen molar-refractivity contribution in [3.63, 3.8) is 0 Å². The first-order chi connectivity index (χ1) is 14.9. The number of anilines is 1. The predicted molar refractivity (Wildman–Crippen MR) is 114 cm³/mol. The van der Waals surface area contributed by atoms with E-state index < -0.39 is 5.54 Å². The largest absolute Gasteiger partial charge is 0.325 e. The molecule has 7 nitrogen and oxygen atoms in total. The van der Waals surface area contributed by atoms with Gasteiger partial charge in [-0.2, -0.15) is 0 Å². The molecule has 2 saturated heterocycles. The summed E-state index contributed by atoms with van der Waals surface area (Å²) in [4.78, 5) is 40.9. The maximum Gasteiger partial charge on any atom is 0.325 e. The van der Waals surface area contributed by atoms with Crippen LogP contribution in [0.25, 0.3) is 0 Å². The Kier molecular flexibility index (Phi) is 5.63. The number of halogens is 1. The van der Waals surface area contributed by atoms with Crippen molar-refractivity contribution in [2.24, 2.45) is 0 Å². The van der Waals surface area contributed by atoms with Gasteiger partial charge in [-0.25, -0.2) is 14.0 Å². The molecule has 2 heterocycles. The van der Waals surface area contributed by atoms with E-state index in [0.29, 0.717) is 50.1 Å². The Labute approximate surface area is 180 Å². The molecule has 2 aromatic carbocycles. The van der Waals surface area contributed by atoms with Gasteiger partial charge >= 0.3 is 12.1 Å². The van der Waals surface area contributed by atoms with Crippen LogP contribution in [0.3, 0.4) is 0 Å². The second kappa shape index (κ2) is 8.37. The highest BCUT2D eigenvalue weighted by Crippen LogP contribution is 2.30. The van der Waals surface area contributed by atoms with Gasteiger partial charge in [0.15, 0.2) is 0 Å². The number of piperidine rings is 1. The molecule has 0 unspecified atom stereocenters. The van der Waals surface area contributed by atoms with E-state index in [9.17, 15) is 18.8 Å². The molecule has 0 radical (unpaired) electrons. The van der Waals surface area contributed by atoms with Gasteiger partial charge in [0.05, 0.1) is 0 Å². The molecule has 31 heavy (non-hydrogen) atoms. The fourth-order valence-electron chi connectivity index (χ4n) is 4.07. The minimum Gasteiger partial charge on any atom is -0.324 e. The number of hydrogen-bond acceptors (Lipinski definition) is 3. The third-order valence-electron chi connectivity index (χ3n) is 6.04. The van der Waals surface area contributed by atoms with E-state index in [1.807, 2.05) is 30.3 Å². The van der Waals surface area contributed by atoms with Crippen LogP contribution in [0.5, 0.6) is 0 Å². The fraction of sp³-hybridized carbons (Fsp3) is 0.348. The Bertz CT molecular complexity index is 1000. The first kappa shape index (κ1) is 20.8. The number of aryl methyl sites for hydroxylation is 1. The van der Waals surface area contributed by atoms with Gasteiger partial charge in [0.1, 0.15) is 11.4 Å². The van der Waals surface area contributed by atoms with Crippen molar-refractivity contribution in [3.05, 3.63) is 65.5 Å². The number of hydrogen-bond donors (Lipinski definition) is 2. The molecule has 2 fully saturated rings. The van der Waals surface area contributed by atoms with E-state index >= 15 is 0 Å². The zero-order valence-electron chi connectivity index (χ0n) is 17.4. The molecule has 0 atom stereocenters. The van der Waals surface area contributed by atoms with Crippen molar-refractivity contribution in [1.29, 1.82) is 0 Å². The second-order valence-corrected chi connectivity index (χ2v) is 8.09. The maximum absolute atomic E-state index is 13.7. The van der Waals surface area contributed by atoms with E-state index in [1.165, 1.54) is 11.0 Å². The summed E-state index contributed by atoms with van der Waals surface area (Å²) < 4.78 is 13.7. The lowest BCUT2D eigenvalue weighted by Crippen LogP contribution is -2.56. The molecule has 162 valence electrons. The van der Waals surface area contributed by atoms with Crippen molar-refractivity contribution in [2.45, 2.75) is 31.7 Å². The number of nitrogens with zero attached hydrogens (tertiary/aromatic N) is 2. The highest BCUT2D eigenvalue weighted by atomic mass is 19.1. The molecular formula is C23H25FN4O3. The summed E-state index contributed by atoms with van der Waals surface area (Å²) in [5.74, 6) is -0.612. The molecule has 4 rings (SSSR count). The quantitative estimate of drug-likeness (QED) is 0.739. The number of rotatable bonds is 4. The van der Waals surface area contributed by atoms with Gasteiger partial charge in [0.2, 0.25) is 0 Å². The highest BCUT2D eigenvalue weighted by molar-refractivity contribution is 6.07. The molecule has 8 heteroatoms. The van der Waals surface area contributed by atoms with Crippen LogP contribution in [0.2, 0.25) is 0 Å². The Morgan fingerprint density at radius 2 is 1.84 bits per heavy atom. The van der Waals surface area contributed by atoms with Gasteiger partial charge in [-0.15, -0.1) is 0 Å². The van der Waals surface area contributed by atoms with E-state index in [4.69, 9.17) is 0 Å². The number of carbonyl (C=O) groups is 3. The predicted octanol–water partition coefficient (Wildman–Crippen LogP) is 3.30. The third kappa shape index (κ3) is 4.23. The molecule has 0 bridgehead atoms. The molecule has 1 spiro atoms. The van der Waals surface area contributed by atoms with Crippen molar-refractivity contribution >= 4 is 23.7 Å². The normalized spacial score (nSPS) is 17.7. The van der Waals surface area contributed by atoms with Crippen molar-refractivity contribution < 1.29 is 18.8 Å². The Morgan fingerprint density at radius 3 is 2.52 bits per heavy atom. The first-order valence-corrected chi connectivity index (χ1v) is 10.4. The average molecular weight is 424 g/mol. The van der Waals surface area contributed by atoms with Gasteiger partial charge in [-0.1, -0.05) is 36.4 Å². The van der Waals surface area contributed by atoms with Gasteiger partial charge in [0, 0.05) is 25.3 Å². The number of imide groups is 1. The van der Waals surface area contributed by atoms with Crippen LogP contribution in [-0.2, 0) is 11.2 Å². The van der Waals surface area contributed by atoms with Crippen LogP contribution in [-0.4, -0.2) is 52.9 Å². The number of benzene rings is 2. The lowest BCUT2D eigenvalue weighted by Gasteiger charge is -2.37. The van der Waals surface area contributed by atoms with Crippen molar-refractivity contribution in [2.75, 3.05) is 25.0 Å². The first-order valence-electron chi connectivity index (χ1n) is 10.4. The van der Waals surface area contributed by atoms with Gasteiger partial charge in [-0.05, 0) is 49.4 Å². The Balaban J connectivity index is 1.34. The zero-order chi connectivity index (χ0) is 22.0. The summed E-state index contributed by atoms with van der Waals surface area (Å²) in [6.45, 7) is 2.61. The molecular weight excluding hydrogens is 399 g/mol. The van der Waals surface area contributed by atoms with Crippen LogP contribution >= 0.6 is 0 Å². The number of likely N-dealkylation sites (tertiary alicyclic amines) is 1. The van der Waals surface area contributed by atoms with Gasteiger partial charge < -0.3 is 15.5 Å². The van der Waals surface area contributed by atoms with Crippen LogP contribution < -0.4 is 10.6 Å². The fourth-order valence-corrected chi connectivity index (χ4v) is 4.07. The molecule has 0 aliphatic carbocycles.